The summed E-state index contributed by atoms with van der Waals surface area (Å²) in [7, 11) is 0. The molecule has 0 bridgehead atoms. The molecule has 0 aromatic carbocycles. The summed E-state index contributed by atoms with van der Waals surface area (Å²) in [6.45, 7) is 1.66. The third-order valence-corrected chi connectivity index (χ3v) is 4.10. The van der Waals surface area contributed by atoms with Gasteiger partial charge >= 0.3 is 0 Å². The maximum absolute atomic E-state index is 5.71. The number of nitrogens with zero attached hydrogens (tertiary/aromatic N) is 2. The molecule has 0 saturated carbocycles. The molecule has 1 saturated heterocycles. The van der Waals surface area contributed by atoms with E-state index in [4.69, 9.17) is 10.5 Å². The average molecular weight is 255 g/mol. The zero-order valence-corrected chi connectivity index (χ0v) is 11.0. The highest BCUT2D eigenvalue weighted by Gasteiger charge is 2.14. The summed E-state index contributed by atoms with van der Waals surface area (Å²) < 4.78 is 5.71. The van der Waals surface area contributed by atoms with E-state index in [0.717, 1.165) is 48.9 Å². The standard InChI is InChI=1S/C12H21N3OS/c13-8-3-5-11-14-15-12(17-11)7-6-10-4-1-2-9-16-10/h10H,1-9,13H2. The van der Waals surface area contributed by atoms with Crippen molar-refractivity contribution in [2.45, 2.75) is 51.0 Å². The van der Waals surface area contributed by atoms with Gasteiger partial charge in [0, 0.05) is 19.4 Å². The molecular formula is C12H21N3OS. The van der Waals surface area contributed by atoms with Gasteiger partial charge in [0.25, 0.3) is 0 Å². The van der Waals surface area contributed by atoms with Gasteiger partial charge in [-0.25, -0.2) is 0 Å². The first-order chi connectivity index (χ1) is 8.38. The Morgan fingerprint density at radius 1 is 1.24 bits per heavy atom. The number of nitrogens with two attached hydrogens (primary N) is 1. The van der Waals surface area contributed by atoms with Gasteiger partial charge in [-0.1, -0.05) is 0 Å². The van der Waals surface area contributed by atoms with Gasteiger partial charge in [-0.15, -0.1) is 21.5 Å². The largest absolute Gasteiger partial charge is 0.378 e. The fraction of sp³-hybridized carbons (Fsp3) is 0.833. The Morgan fingerprint density at radius 3 is 2.76 bits per heavy atom. The van der Waals surface area contributed by atoms with Gasteiger partial charge < -0.3 is 10.5 Å². The highest BCUT2D eigenvalue weighted by Crippen LogP contribution is 2.19. The highest BCUT2D eigenvalue weighted by molar-refractivity contribution is 7.11. The van der Waals surface area contributed by atoms with E-state index in [9.17, 15) is 0 Å². The summed E-state index contributed by atoms with van der Waals surface area (Å²) in [5, 5.41) is 10.7. The lowest BCUT2D eigenvalue weighted by molar-refractivity contribution is 0.0115. The molecule has 0 radical (unpaired) electrons. The van der Waals surface area contributed by atoms with Crippen LogP contribution in [0.1, 0.15) is 42.1 Å². The summed E-state index contributed by atoms with van der Waals surface area (Å²) in [5.41, 5.74) is 5.48. The van der Waals surface area contributed by atoms with E-state index in [1.807, 2.05) is 0 Å². The third-order valence-electron chi connectivity index (χ3n) is 3.06. The van der Waals surface area contributed by atoms with E-state index >= 15 is 0 Å². The van der Waals surface area contributed by atoms with Crippen molar-refractivity contribution in [2.24, 2.45) is 5.73 Å². The van der Waals surface area contributed by atoms with Crippen molar-refractivity contribution in [3.05, 3.63) is 10.0 Å². The van der Waals surface area contributed by atoms with Crippen LogP contribution in [0.4, 0.5) is 0 Å². The number of aromatic nitrogens is 2. The monoisotopic (exact) mass is 255 g/mol. The molecule has 1 fully saturated rings. The predicted molar refractivity (Wildman–Crippen MR) is 69.2 cm³/mol. The second-order valence-electron chi connectivity index (χ2n) is 4.51. The normalized spacial score (nSPS) is 20.6. The average Bonchev–Trinajstić information content (AvgIpc) is 2.83. The molecule has 1 atom stereocenters. The maximum atomic E-state index is 5.71. The molecule has 4 nitrogen and oxygen atoms in total. The number of aryl methyl sites for hydroxylation is 2. The highest BCUT2D eigenvalue weighted by atomic mass is 32.1. The van der Waals surface area contributed by atoms with Crippen LogP contribution in [-0.2, 0) is 17.6 Å². The first kappa shape index (κ1) is 12.9. The summed E-state index contributed by atoms with van der Waals surface area (Å²) in [6, 6.07) is 0. The minimum Gasteiger partial charge on any atom is -0.378 e. The number of hydrogen-bond acceptors (Lipinski definition) is 5. The summed E-state index contributed by atoms with van der Waals surface area (Å²) in [5.74, 6) is 0. The van der Waals surface area contributed by atoms with E-state index in [1.165, 1.54) is 19.3 Å². The van der Waals surface area contributed by atoms with Gasteiger partial charge in [0.2, 0.25) is 0 Å². The third kappa shape index (κ3) is 4.33. The van der Waals surface area contributed by atoms with E-state index in [0.29, 0.717) is 6.10 Å². The zero-order valence-electron chi connectivity index (χ0n) is 10.2. The Labute approximate surface area is 107 Å². The zero-order chi connectivity index (χ0) is 11.9. The Hall–Kier alpha value is -0.520. The molecule has 2 N–H and O–H groups in total. The lowest BCUT2D eigenvalue weighted by atomic mass is 10.1. The van der Waals surface area contributed by atoms with E-state index in [1.54, 1.807) is 11.3 Å². The van der Waals surface area contributed by atoms with Crippen LogP contribution in [0.15, 0.2) is 0 Å². The minimum absolute atomic E-state index is 0.445. The molecule has 1 aromatic rings. The topological polar surface area (TPSA) is 61.0 Å². The van der Waals surface area contributed by atoms with Gasteiger partial charge in [0.15, 0.2) is 0 Å². The van der Waals surface area contributed by atoms with Crippen molar-refractivity contribution < 1.29 is 4.74 Å². The first-order valence-corrected chi connectivity index (χ1v) is 7.33. The second-order valence-corrected chi connectivity index (χ2v) is 5.66. The SMILES string of the molecule is NCCCc1nnc(CCC2CCCCO2)s1. The molecule has 1 aliphatic rings. The Kier molecular flexibility index (Phi) is 5.35. The van der Waals surface area contributed by atoms with Gasteiger partial charge in [0.05, 0.1) is 6.10 Å². The van der Waals surface area contributed by atoms with Crippen molar-refractivity contribution in [2.75, 3.05) is 13.2 Å². The molecule has 0 spiro atoms. The first-order valence-electron chi connectivity index (χ1n) is 6.51. The molecular weight excluding hydrogens is 234 g/mol. The molecule has 0 aliphatic carbocycles. The van der Waals surface area contributed by atoms with Crippen molar-refractivity contribution in [3.8, 4) is 0 Å². The number of ether oxygens (including phenoxy) is 1. The predicted octanol–water partition coefficient (Wildman–Crippen LogP) is 1.93. The van der Waals surface area contributed by atoms with Crippen LogP contribution < -0.4 is 5.73 Å². The molecule has 1 unspecified atom stereocenters. The van der Waals surface area contributed by atoms with Crippen LogP contribution in [0.2, 0.25) is 0 Å². The molecule has 17 heavy (non-hydrogen) atoms. The Balaban J connectivity index is 1.72. The van der Waals surface area contributed by atoms with Crippen LogP contribution >= 0.6 is 11.3 Å². The van der Waals surface area contributed by atoms with Gasteiger partial charge in [0.1, 0.15) is 10.0 Å². The van der Waals surface area contributed by atoms with Crippen molar-refractivity contribution in [1.82, 2.24) is 10.2 Å². The summed E-state index contributed by atoms with van der Waals surface area (Å²) >= 11 is 1.73. The smallest absolute Gasteiger partial charge is 0.117 e. The lowest BCUT2D eigenvalue weighted by Gasteiger charge is -2.21. The Morgan fingerprint density at radius 2 is 2.06 bits per heavy atom. The van der Waals surface area contributed by atoms with E-state index in [2.05, 4.69) is 10.2 Å². The van der Waals surface area contributed by atoms with Gasteiger partial charge in [-0.2, -0.15) is 0 Å². The molecule has 5 heteroatoms. The van der Waals surface area contributed by atoms with E-state index < -0.39 is 0 Å². The summed E-state index contributed by atoms with van der Waals surface area (Å²) in [4.78, 5) is 0. The quantitative estimate of drug-likeness (QED) is 0.843. The fourth-order valence-electron chi connectivity index (χ4n) is 2.06. The molecule has 0 amide bonds. The molecule has 96 valence electrons. The minimum atomic E-state index is 0.445. The van der Waals surface area contributed by atoms with Crippen molar-refractivity contribution in [3.63, 3.8) is 0 Å². The maximum Gasteiger partial charge on any atom is 0.117 e. The molecule has 2 rings (SSSR count). The fourth-order valence-corrected chi connectivity index (χ4v) is 2.96. The summed E-state index contributed by atoms with van der Waals surface area (Å²) in [6.07, 6.45) is 8.24. The van der Waals surface area contributed by atoms with Crippen molar-refractivity contribution >= 4 is 11.3 Å². The second kappa shape index (κ2) is 7.03. The van der Waals surface area contributed by atoms with E-state index in [-0.39, 0.29) is 0 Å². The molecule has 1 aromatic heterocycles. The van der Waals surface area contributed by atoms with Crippen LogP contribution in [0.5, 0.6) is 0 Å². The number of rotatable bonds is 6. The molecule has 2 heterocycles. The van der Waals surface area contributed by atoms with Gasteiger partial charge in [-0.3, -0.25) is 0 Å². The number of hydrogen-bond donors (Lipinski definition) is 1. The van der Waals surface area contributed by atoms with Crippen LogP contribution in [0, 0.1) is 0 Å². The lowest BCUT2D eigenvalue weighted by Crippen LogP contribution is -2.19. The van der Waals surface area contributed by atoms with Gasteiger partial charge in [-0.05, 0) is 38.6 Å². The molecule has 1 aliphatic heterocycles. The van der Waals surface area contributed by atoms with Crippen molar-refractivity contribution in [1.29, 1.82) is 0 Å². The van der Waals surface area contributed by atoms with Crippen LogP contribution in [0.25, 0.3) is 0 Å². The van der Waals surface area contributed by atoms with Crippen LogP contribution in [0.3, 0.4) is 0 Å². The van der Waals surface area contributed by atoms with Crippen LogP contribution in [-0.4, -0.2) is 29.5 Å². The Bertz CT molecular complexity index is 323.